The maximum Gasteiger partial charge on any atom is 0.0856 e. The van der Waals surface area contributed by atoms with Crippen molar-refractivity contribution in [3.63, 3.8) is 0 Å². The third-order valence-corrected chi connectivity index (χ3v) is 0.945. The van der Waals surface area contributed by atoms with Crippen molar-refractivity contribution in [2.75, 3.05) is 19.8 Å². The molecular weight excluding hydrogens is 148 g/mol. The fourth-order valence-corrected chi connectivity index (χ4v) is 0.150. The molecule has 11 heavy (non-hydrogen) atoms. The second-order valence-electron chi connectivity index (χ2n) is 2.06. The largest absolute Gasteiger partial charge is 0.394 e. The van der Waals surface area contributed by atoms with E-state index in [0.717, 1.165) is 0 Å². The van der Waals surface area contributed by atoms with E-state index in [2.05, 4.69) is 0 Å². The summed E-state index contributed by atoms with van der Waals surface area (Å²) in [5, 5.41) is 32.3. The number of hydrogen-bond acceptors (Lipinski definition) is 5. The summed E-state index contributed by atoms with van der Waals surface area (Å²) >= 11 is 0. The lowest BCUT2D eigenvalue weighted by Gasteiger charge is -2.20. The first-order valence-corrected chi connectivity index (χ1v) is 3.02. The van der Waals surface area contributed by atoms with Gasteiger partial charge in [0.1, 0.15) is 0 Å². The van der Waals surface area contributed by atoms with Crippen LogP contribution in [0.3, 0.4) is 0 Å². The standard InChI is InChI=1S/C4H11NO3.C2H3N/c5-4(1-6,2-7)3-8;1-2-3/h6-8H,1-3,5H2;1H3. The number of nitriles is 1. The highest BCUT2D eigenvalue weighted by atomic mass is 16.3. The molecule has 0 aromatic carbocycles. The third-order valence-electron chi connectivity index (χ3n) is 0.945. The molecule has 0 spiro atoms. The summed E-state index contributed by atoms with van der Waals surface area (Å²) in [6.07, 6.45) is 0. The highest BCUT2D eigenvalue weighted by molar-refractivity contribution is 4.80. The first-order valence-electron chi connectivity index (χ1n) is 3.02. The summed E-state index contributed by atoms with van der Waals surface area (Å²) in [4.78, 5) is 0. The Kier molecular flexibility index (Phi) is 8.76. The molecule has 0 saturated carbocycles. The minimum atomic E-state index is -1.21. The van der Waals surface area contributed by atoms with E-state index in [4.69, 9.17) is 26.3 Å². The molecule has 5 N–H and O–H groups in total. The third kappa shape index (κ3) is 7.22. The van der Waals surface area contributed by atoms with Gasteiger partial charge in [-0.2, -0.15) is 5.26 Å². The van der Waals surface area contributed by atoms with E-state index < -0.39 is 25.4 Å². The van der Waals surface area contributed by atoms with Gasteiger partial charge in [0, 0.05) is 6.92 Å². The lowest BCUT2D eigenvalue weighted by atomic mass is 10.1. The van der Waals surface area contributed by atoms with Gasteiger partial charge in [0.05, 0.1) is 31.4 Å². The van der Waals surface area contributed by atoms with E-state index in [-0.39, 0.29) is 0 Å². The Labute approximate surface area is 65.7 Å². The van der Waals surface area contributed by atoms with E-state index in [1.54, 1.807) is 6.07 Å². The normalized spacial score (nSPS) is 9.45. The van der Waals surface area contributed by atoms with Crippen molar-refractivity contribution in [1.82, 2.24) is 0 Å². The molecule has 5 nitrogen and oxygen atoms in total. The Morgan fingerprint density at radius 2 is 1.45 bits per heavy atom. The number of nitrogens with zero attached hydrogens (tertiary/aromatic N) is 1. The molecule has 0 aromatic heterocycles. The van der Waals surface area contributed by atoms with Gasteiger partial charge in [-0.15, -0.1) is 0 Å². The first-order chi connectivity index (χ1) is 5.10. The fraction of sp³-hybridized carbons (Fsp3) is 0.833. The maximum absolute atomic E-state index is 8.34. The van der Waals surface area contributed by atoms with Gasteiger partial charge < -0.3 is 21.1 Å². The molecule has 0 atom stereocenters. The molecule has 0 aliphatic carbocycles. The van der Waals surface area contributed by atoms with Crippen LogP contribution in [0, 0.1) is 11.3 Å². The molecule has 0 rings (SSSR count). The zero-order valence-corrected chi connectivity index (χ0v) is 6.49. The molecule has 0 heterocycles. The number of aliphatic hydroxyl groups excluding tert-OH is 3. The van der Waals surface area contributed by atoms with Crippen molar-refractivity contribution in [2.45, 2.75) is 12.5 Å². The average molecular weight is 162 g/mol. The molecule has 0 aromatic rings. The zero-order valence-electron chi connectivity index (χ0n) is 6.49. The van der Waals surface area contributed by atoms with Crippen LogP contribution in [0.1, 0.15) is 6.92 Å². The lowest BCUT2D eigenvalue weighted by Crippen LogP contribution is -2.50. The van der Waals surface area contributed by atoms with Crippen molar-refractivity contribution in [2.24, 2.45) is 5.73 Å². The first kappa shape index (κ1) is 13.0. The molecule has 0 bridgehead atoms. The Morgan fingerprint density at radius 3 is 1.45 bits per heavy atom. The summed E-state index contributed by atoms with van der Waals surface area (Å²) in [5.41, 5.74) is 3.94. The molecule has 0 radical (unpaired) electrons. The Morgan fingerprint density at radius 1 is 1.27 bits per heavy atom. The number of hydrogen-bond donors (Lipinski definition) is 4. The summed E-state index contributed by atoms with van der Waals surface area (Å²) < 4.78 is 0. The van der Waals surface area contributed by atoms with Gasteiger partial charge >= 0.3 is 0 Å². The van der Waals surface area contributed by atoms with Crippen LogP contribution in [0.2, 0.25) is 0 Å². The van der Waals surface area contributed by atoms with Crippen LogP contribution >= 0.6 is 0 Å². The second kappa shape index (κ2) is 7.44. The summed E-state index contributed by atoms with van der Waals surface area (Å²) in [5.74, 6) is 0. The molecule has 0 aliphatic heterocycles. The Hall–Kier alpha value is -0.670. The number of nitrogens with two attached hydrogens (primary N) is 1. The van der Waals surface area contributed by atoms with Gasteiger partial charge in [-0.05, 0) is 0 Å². The van der Waals surface area contributed by atoms with Crippen LogP contribution in [0.25, 0.3) is 0 Å². The quantitative estimate of drug-likeness (QED) is 0.391. The van der Waals surface area contributed by atoms with Crippen LogP contribution in [0.5, 0.6) is 0 Å². The van der Waals surface area contributed by atoms with Crippen LogP contribution in [-0.4, -0.2) is 40.7 Å². The van der Waals surface area contributed by atoms with Crippen LogP contribution in [0.4, 0.5) is 0 Å². The van der Waals surface area contributed by atoms with Gasteiger partial charge in [0.15, 0.2) is 0 Å². The van der Waals surface area contributed by atoms with E-state index in [0.29, 0.717) is 0 Å². The van der Waals surface area contributed by atoms with E-state index >= 15 is 0 Å². The molecule has 0 aliphatic rings. The van der Waals surface area contributed by atoms with Gasteiger partial charge in [-0.25, -0.2) is 0 Å². The molecule has 66 valence electrons. The second-order valence-corrected chi connectivity index (χ2v) is 2.06. The van der Waals surface area contributed by atoms with E-state index in [1.165, 1.54) is 6.92 Å². The average Bonchev–Trinajstić information content (AvgIpc) is 2.05. The van der Waals surface area contributed by atoms with Crippen LogP contribution < -0.4 is 5.73 Å². The highest BCUT2D eigenvalue weighted by Gasteiger charge is 2.20. The lowest BCUT2D eigenvalue weighted by molar-refractivity contribution is 0.0698. The SMILES string of the molecule is CC#N.NC(CO)(CO)CO. The maximum atomic E-state index is 8.34. The topological polar surface area (TPSA) is 111 Å². The number of rotatable bonds is 3. The molecule has 0 amide bonds. The fourth-order valence-electron chi connectivity index (χ4n) is 0.150. The molecule has 5 heteroatoms. The summed E-state index contributed by atoms with van der Waals surface area (Å²) in [6, 6.07) is 1.75. The van der Waals surface area contributed by atoms with Crippen molar-refractivity contribution >= 4 is 0 Å². The predicted molar refractivity (Wildman–Crippen MR) is 39.5 cm³/mol. The van der Waals surface area contributed by atoms with Crippen LogP contribution in [-0.2, 0) is 0 Å². The minimum Gasteiger partial charge on any atom is -0.394 e. The molecule has 0 fully saturated rings. The van der Waals surface area contributed by atoms with E-state index in [1.807, 2.05) is 0 Å². The van der Waals surface area contributed by atoms with Crippen molar-refractivity contribution < 1.29 is 15.3 Å². The van der Waals surface area contributed by atoms with Crippen molar-refractivity contribution in [1.29, 1.82) is 5.26 Å². The smallest absolute Gasteiger partial charge is 0.0856 e. The Bertz CT molecular complexity index is 109. The zero-order chi connectivity index (χ0) is 9.33. The van der Waals surface area contributed by atoms with Crippen molar-refractivity contribution in [3.05, 3.63) is 0 Å². The molecule has 0 saturated heterocycles. The monoisotopic (exact) mass is 162 g/mol. The van der Waals surface area contributed by atoms with Gasteiger partial charge in [0.2, 0.25) is 0 Å². The molecule has 0 unspecified atom stereocenters. The Balaban J connectivity index is 0. The van der Waals surface area contributed by atoms with E-state index in [9.17, 15) is 0 Å². The summed E-state index contributed by atoms with van der Waals surface area (Å²) in [6.45, 7) is 0.222. The van der Waals surface area contributed by atoms with Gasteiger partial charge in [-0.1, -0.05) is 0 Å². The van der Waals surface area contributed by atoms with Gasteiger partial charge in [0.25, 0.3) is 0 Å². The van der Waals surface area contributed by atoms with Crippen LogP contribution in [0.15, 0.2) is 0 Å². The molecular formula is C6H14N2O3. The van der Waals surface area contributed by atoms with Gasteiger partial charge in [-0.3, -0.25) is 0 Å². The predicted octanol–water partition coefficient (Wildman–Crippen LogP) is -1.81. The van der Waals surface area contributed by atoms with Crippen molar-refractivity contribution in [3.8, 4) is 6.07 Å². The summed E-state index contributed by atoms with van der Waals surface area (Å²) in [7, 11) is 0. The minimum absolute atomic E-state index is 0.403. The highest BCUT2D eigenvalue weighted by Crippen LogP contribution is 1.93. The number of aliphatic hydroxyl groups is 3.